The van der Waals surface area contributed by atoms with Crippen LogP contribution in [0.2, 0.25) is 0 Å². The van der Waals surface area contributed by atoms with E-state index in [0.29, 0.717) is 0 Å². The topological polar surface area (TPSA) is 77.5 Å². The highest BCUT2D eigenvalue weighted by atomic mass is 32.3. The van der Waals surface area contributed by atoms with Crippen molar-refractivity contribution < 1.29 is 38.0 Å². The second-order valence-electron chi connectivity index (χ2n) is 2.01. The summed E-state index contributed by atoms with van der Waals surface area (Å²) < 4.78 is 91.6. The maximum atomic E-state index is 12.2. The lowest BCUT2D eigenvalue weighted by atomic mass is 10.7. The van der Waals surface area contributed by atoms with Crippen molar-refractivity contribution in [1.82, 2.24) is 0 Å². The van der Waals surface area contributed by atoms with Crippen LogP contribution in [-0.2, 0) is 23.9 Å². The summed E-state index contributed by atoms with van der Waals surface area (Å²) in [5.41, 5.74) is 0. The van der Waals surface area contributed by atoms with Crippen LogP contribution in [0.4, 0.5) is 17.6 Å². The second-order valence-corrected chi connectivity index (χ2v) is 5.40. The fourth-order valence-electron chi connectivity index (χ4n) is 0.494. The van der Waals surface area contributed by atoms with Crippen LogP contribution in [-0.4, -0.2) is 27.3 Å². The van der Waals surface area contributed by atoms with Gasteiger partial charge < -0.3 is 0 Å². The first-order valence-electron chi connectivity index (χ1n) is 2.41. The van der Waals surface area contributed by atoms with Gasteiger partial charge in [-0.1, -0.05) is 0 Å². The molecule has 1 heterocycles. The molecule has 5 nitrogen and oxygen atoms in total. The average molecular weight is 244 g/mol. The Labute approximate surface area is 69.5 Å². The molecule has 0 aromatic heterocycles. The molecule has 0 saturated carbocycles. The van der Waals surface area contributed by atoms with E-state index < -0.39 is 30.7 Å². The predicted octanol–water partition coefficient (Wildman–Crippen LogP) is -0.138. The molecule has 0 N–H and O–H groups in total. The molecule has 0 amide bonds. The van der Waals surface area contributed by atoms with E-state index >= 15 is 0 Å². The third-order valence-electron chi connectivity index (χ3n) is 1.15. The van der Waals surface area contributed by atoms with Crippen molar-refractivity contribution in [3.05, 3.63) is 0 Å². The van der Waals surface area contributed by atoms with Crippen molar-refractivity contribution in [2.24, 2.45) is 0 Å². The SMILES string of the molecule is O=S1(=O)OS(=O)(=O)C(F)(F)C1(F)F. The van der Waals surface area contributed by atoms with Crippen LogP contribution in [0.15, 0.2) is 0 Å². The minimum Gasteiger partial charge on any atom is -0.191 e. The molecule has 1 rings (SSSR count). The molecule has 0 radical (unpaired) electrons. The van der Waals surface area contributed by atoms with Gasteiger partial charge in [-0.05, 0) is 0 Å². The van der Waals surface area contributed by atoms with Gasteiger partial charge in [0.2, 0.25) is 0 Å². The Morgan fingerprint density at radius 3 is 1.08 bits per heavy atom. The van der Waals surface area contributed by atoms with E-state index in [0.717, 1.165) is 0 Å². The third-order valence-corrected chi connectivity index (χ3v) is 4.48. The monoisotopic (exact) mass is 244 g/mol. The van der Waals surface area contributed by atoms with Crippen LogP contribution < -0.4 is 0 Å². The molecule has 1 aliphatic heterocycles. The summed E-state index contributed by atoms with van der Waals surface area (Å²) in [4.78, 5) is 0. The maximum Gasteiger partial charge on any atom is 0.451 e. The molecule has 0 aromatic rings. The number of hydrogen-bond donors (Lipinski definition) is 0. The Kier molecular flexibility index (Phi) is 1.76. The van der Waals surface area contributed by atoms with E-state index in [1.54, 1.807) is 0 Å². The van der Waals surface area contributed by atoms with Crippen LogP contribution in [0.1, 0.15) is 0 Å². The molecule has 0 bridgehead atoms. The Hall–Kier alpha value is -0.420. The first-order valence-corrected chi connectivity index (χ1v) is 5.23. The molecule has 1 aliphatic rings. The maximum absolute atomic E-state index is 12.2. The van der Waals surface area contributed by atoms with Gasteiger partial charge in [0.25, 0.3) is 0 Å². The van der Waals surface area contributed by atoms with Gasteiger partial charge in [0, 0.05) is 0 Å². The zero-order valence-corrected chi connectivity index (χ0v) is 7.00. The van der Waals surface area contributed by atoms with Crippen molar-refractivity contribution in [1.29, 1.82) is 0 Å². The van der Waals surface area contributed by atoms with Crippen LogP contribution in [0.3, 0.4) is 0 Å². The molecule has 1 saturated heterocycles. The van der Waals surface area contributed by atoms with Crippen molar-refractivity contribution in [2.45, 2.75) is 10.5 Å². The molecule has 0 atom stereocenters. The number of alkyl halides is 4. The van der Waals surface area contributed by atoms with E-state index in [-0.39, 0.29) is 0 Å². The fourth-order valence-corrected chi connectivity index (χ4v) is 3.32. The fraction of sp³-hybridized carbons (Fsp3) is 1.00. The number of hydrogen-bond acceptors (Lipinski definition) is 5. The second kappa shape index (κ2) is 2.15. The standard InChI is InChI=1S/C2F4O5S2/c3-1(4)2(5,6)13(9,10)11-12(1,7)8. The van der Waals surface area contributed by atoms with Gasteiger partial charge in [-0.25, -0.2) is 0 Å². The van der Waals surface area contributed by atoms with Crippen molar-refractivity contribution >= 4 is 20.2 Å². The van der Waals surface area contributed by atoms with Crippen LogP contribution in [0, 0.1) is 0 Å². The van der Waals surface area contributed by atoms with Crippen molar-refractivity contribution in [3.63, 3.8) is 0 Å². The summed E-state index contributed by atoms with van der Waals surface area (Å²) >= 11 is 0. The smallest absolute Gasteiger partial charge is 0.191 e. The lowest BCUT2D eigenvalue weighted by Crippen LogP contribution is -2.42. The lowest BCUT2D eigenvalue weighted by Gasteiger charge is -2.10. The molecular formula is C2F4O5S2. The summed E-state index contributed by atoms with van der Waals surface area (Å²) in [6, 6.07) is 0. The van der Waals surface area contributed by atoms with Gasteiger partial charge in [0.15, 0.2) is 0 Å². The van der Waals surface area contributed by atoms with Crippen molar-refractivity contribution in [3.8, 4) is 0 Å². The molecule has 13 heavy (non-hydrogen) atoms. The third kappa shape index (κ3) is 1.00. The minimum absolute atomic E-state index is 2.61. The molecule has 1 fully saturated rings. The van der Waals surface area contributed by atoms with E-state index in [9.17, 15) is 34.4 Å². The zero-order chi connectivity index (χ0) is 10.7. The van der Waals surface area contributed by atoms with E-state index in [1.165, 1.54) is 0 Å². The van der Waals surface area contributed by atoms with Gasteiger partial charge in [0.1, 0.15) is 0 Å². The van der Waals surface area contributed by atoms with Gasteiger partial charge in [-0.15, -0.1) is 3.63 Å². The van der Waals surface area contributed by atoms with Crippen molar-refractivity contribution in [2.75, 3.05) is 0 Å². The number of rotatable bonds is 0. The van der Waals surface area contributed by atoms with Crippen LogP contribution in [0.25, 0.3) is 0 Å². The first-order chi connectivity index (χ1) is 5.46. The average Bonchev–Trinajstić information content (AvgIpc) is 1.88. The van der Waals surface area contributed by atoms with Gasteiger partial charge in [0.05, 0.1) is 0 Å². The van der Waals surface area contributed by atoms with Gasteiger partial charge in [-0.3, -0.25) is 0 Å². The van der Waals surface area contributed by atoms with Crippen LogP contribution in [0.5, 0.6) is 0 Å². The molecule has 0 aliphatic carbocycles. The summed E-state index contributed by atoms with van der Waals surface area (Å²) in [7, 11) is -12.2. The molecule has 11 heteroatoms. The Morgan fingerprint density at radius 1 is 0.769 bits per heavy atom. The van der Waals surface area contributed by atoms with E-state index in [4.69, 9.17) is 0 Å². The molecule has 0 aromatic carbocycles. The highest BCUT2D eigenvalue weighted by Crippen LogP contribution is 2.50. The summed E-state index contributed by atoms with van der Waals surface area (Å²) in [5.74, 6) is 0. The molecule has 0 spiro atoms. The largest absolute Gasteiger partial charge is 0.451 e. The first kappa shape index (κ1) is 10.7. The van der Waals surface area contributed by atoms with Crippen LogP contribution >= 0.6 is 0 Å². The minimum atomic E-state index is -6.11. The van der Waals surface area contributed by atoms with Gasteiger partial charge in [-0.2, -0.15) is 34.4 Å². The summed E-state index contributed by atoms with van der Waals surface area (Å²) in [6.07, 6.45) is 0. The normalized spacial score (nSPS) is 32.9. The zero-order valence-electron chi connectivity index (χ0n) is 5.37. The predicted molar refractivity (Wildman–Crippen MR) is 28.8 cm³/mol. The highest BCUT2D eigenvalue weighted by molar-refractivity contribution is 8.04. The summed E-state index contributed by atoms with van der Waals surface area (Å²) in [6.45, 7) is 0. The van der Waals surface area contributed by atoms with Gasteiger partial charge >= 0.3 is 30.7 Å². The summed E-state index contributed by atoms with van der Waals surface area (Å²) in [5, 5.41) is -11.5. The Balaban J connectivity index is 3.61. The molecule has 0 unspecified atom stereocenters. The van der Waals surface area contributed by atoms with E-state index in [2.05, 4.69) is 3.63 Å². The quantitative estimate of drug-likeness (QED) is 0.554. The Bertz CT molecular complexity index is 389. The highest BCUT2D eigenvalue weighted by Gasteiger charge is 2.82. The van der Waals surface area contributed by atoms with E-state index in [1.807, 2.05) is 0 Å². The Morgan fingerprint density at radius 2 is 1.00 bits per heavy atom. The number of halogens is 4. The molecule has 78 valence electrons. The lowest BCUT2D eigenvalue weighted by molar-refractivity contribution is -0.0920. The molecular weight excluding hydrogens is 244 g/mol.